The minimum absolute atomic E-state index is 0.206. The zero-order valence-corrected chi connectivity index (χ0v) is 14.3. The molecule has 0 radical (unpaired) electrons. The largest absolute Gasteiger partial charge is 0.465 e. The summed E-state index contributed by atoms with van der Waals surface area (Å²) in [7, 11) is 2.27. The topological polar surface area (TPSA) is 99.0 Å². The van der Waals surface area contributed by atoms with E-state index < -0.39 is 22.9 Å². The number of allylic oxidation sites excluding steroid dienone is 2. The van der Waals surface area contributed by atoms with Gasteiger partial charge in [-0.15, -0.1) is 0 Å². The fourth-order valence-electron chi connectivity index (χ4n) is 2.95. The van der Waals surface area contributed by atoms with Gasteiger partial charge in [0.25, 0.3) is 6.04 Å². The summed E-state index contributed by atoms with van der Waals surface area (Å²) in [5.74, 6) is -1.73. The Kier molecular flexibility index (Phi) is 5.21. The number of nitro groups is 1. The first kappa shape index (κ1) is 18.2. The minimum atomic E-state index is -1.65. The van der Waals surface area contributed by atoms with E-state index in [1.807, 2.05) is 6.07 Å². The minimum Gasteiger partial charge on any atom is -0.465 e. The molecule has 0 spiro atoms. The summed E-state index contributed by atoms with van der Waals surface area (Å²) in [6.07, 6.45) is 0. The highest BCUT2D eigenvalue weighted by molar-refractivity contribution is 6.00. The number of anilines is 1. The fourth-order valence-corrected chi connectivity index (χ4v) is 2.95. The van der Waals surface area contributed by atoms with Crippen LogP contribution in [0.5, 0.6) is 0 Å². The molecule has 1 aromatic rings. The van der Waals surface area contributed by atoms with E-state index in [9.17, 15) is 19.7 Å². The molecule has 2 rings (SSSR count). The Bertz CT molecular complexity index is 742. The molecule has 1 aliphatic rings. The van der Waals surface area contributed by atoms with Crippen molar-refractivity contribution in [2.75, 3.05) is 19.1 Å². The SMILES string of the molecule is COC(=O)C1=C(C)N(c2ccccc2)C(C)=C(C(=O)OC)C1[N+](=O)[O-]. The molecule has 0 aliphatic carbocycles. The Morgan fingerprint density at radius 3 is 1.80 bits per heavy atom. The third-order valence-corrected chi connectivity index (χ3v) is 4.03. The van der Waals surface area contributed by atoms with Gasteiger partial charge >= 0.3 is 11.9 Å². The molecule has 1 aliphatic heterocycles. The van der Waals surface area contributed by atoms with Crippen LogP contribution in [-0.2, 0) is 19.1 Å². The number of carbonyl (C=O) groups is 2. The molecule has 0 bridgehead atoms. The second-order valence-electron chi connectivity index (χ2n) is 5.34. The van der Waals surface area contributed by atoms with Gasteiger partial charge in [-0.05, 0) is 26.0 Å². The van der Waals surface area contributed by atoms with E-state index in [0.717, 1.165) is 14.2 Å². The quantitative estimate of drug-likeness (QED) is 0.467. The highest BCUT2D eigenvalue weighted by atomic mass is 16.6. The van der Waals surface area contributed by atoms with Gasteiger partial charge in [0.1, 0.15) is 11.1 Å². The van der Waals surface area contributed by atoms with Crippen LogP contribution in [0.25, 0.3) is 0 Å². The molecule has 0 unspecified atom stereocenters. The summed E-state index contributed by atoms with van der Waals surface area (Å²) in [6.45, 7) is 3.15. The van der Waals surface area contributed by atoms with E-state index in [1.165, 1.54) is 0 Å². The van der Waals surface area contributed by atoms with E-state index in [1.54, 1.807) is 43.0 Å². The lowest BCUT2D eigenvalue weighted by Gasteiger charge is -2.34. The third-order valence-electron chi connectivity index (χ3n) is 4.03. The number of benzene rings is 1. The van der Waals surface area contributed by atoms with Gasteiger partial charge < -0.3 is 14.4 Å². The van der Waals surface area contributed by atoms with E-state index in [-0.39, 0.29) is 11.1 Å². The van der Waals surface area contributed by atoms with Crippen LogP contribution in [0.1, 0.15) is 13.8 Å². The standard InChI is InChI=1S/C17H18N2O6/c1-10-13(16(20)24-3)15(19(22)23)14(17(21)25-4)11(2)18(10)12-8-6-5-7-9-12/h5-9,15H,1-4H3. The average molecular weight is 346 g/mol. The number of hydrogen-bond acceptors (Lipinski definition) is 7. The highest BCUT2D eigenvalue weighted by Crippen LogP contribution is 2.37. The Labute approximate surface area is 144 Å². The molecule has 0 N–H and O–H groups in total. The molecule has 0 fully saturated rings. The normalized spacial score (nSPS) is 15.3. The zero-order valence-electron chi connectivity index (χ0n) is 14.3. The van der Waals surface area contributed by atoms with Crippen molar-refractivity contribution in [2.24, 2.45) is 0 Å². The first-order valence-corrected chi connectivity index (χ1v) is 7.42. The van der Waals surface area contributed by atoms with Gasteiger partial charge in [0.05, 0.1) is 14.2 Å². The number of para-hydroxylation sites is 1. The molecule has 0 amide bonds. The maximum Gasteiger partial charge on any atom is 0.342 e. The highest BCUT2D eigenvalue weighted by Gasteiger charge is 2.47. The predicted molar refractivity (Wildman–Crippen MR) is 89.1 cm³/mol. The van der Waals surface area contributed by atoms with Gasteiger partial charge in [-0.3, -0.25) is 10.1 Å². The average Bonchev–Trinajstić information content (AvgIpc) is 2.60. The molecule has 0 atom stereocenters. The zero-order chi connectivity index (χ0) is 18.7. The Balaban J connectivity index is 2.80. The summed E-state index contributed by atoms with van der Waals surface area (Å²) in [5, 5.41) is 11.7. The van der Waals surface area contributed by atoms with Crippen LogP contribution in [0.4, 0.5) is 5.69 Å². The van der Waals surface area contributed by atoms with E-state index in [2.05, 4.69) is 0 Å². The van der Waals surface area contributed by atoms with Crippen molar-refractivity contribution in [3.8, 4) is 0 Å². The van der Waals surface area contributed by atoms with Crippen LogP contribution < -0.4 is 4.90 Å². The molecule has 132 valence electrons. The molecule has 1 aromatic carbocycles. The number of ether oxygens (including phenoxy) is 2. The maximum absolute atomic E-state index is 12.2. The maximum atomic E-state index is 12.2. The monoisotopic (exact) mass is 346 g/mol. The second kappa shape index (κ2) is 7.16. The Morgan fingerprint density at radius 1 is 1.00 bits per heavy atom. The van der Waals surface area contributed by atoms with Crippen molar-refractivity contribution in [3.63, 3.8) is 0 Å². The summed E-state index contributed by atoms with van der Waals surface area (Å²) >= 11 is 0. The first-order chi connectivity index (χ1) is 11.8. The van der Waals surface area contributed by atoms with Gasteiger partial charge in [0.15, 0.2) is 0 Å². The Morgan fingerprint density at radius 2 is 1.44 bits per heavy atom. The van der Waals surface area contributed by atoms with Gasteiger partial charge in [0.2, 0.25) is 0 Å². The second-order valence-corrected chi connectivity index (χ2v) is 5.34. The molecule has 8 heteroatoms. The molecule has 0 saturated carbocycles. The Hall–Kier alpha value is -3.16. The molecule has 0 saturated heterocycles. The van der Waals surface area contributed by atoms with Crippen molar-refractivity contribution in [1.82, 2.24) is 0 Å². The molecule has 0 aromatic heterocycles. The molecule has 25 heavy (non-hydrogen) atoms. The van der Waals surface area contributed by atoms with E-state index >= 15 is 0 Å². The van der Waals surface area contributed by atoms with Crippen LogP contribution >= 0.6 is 0 Å². The first-order valence-electron chi connectivity index (χ1n) is 7.42. The molecular formula is C17H18N2O6. The lowest BCUT2D eigenvalue weighted by molar-refractivity contribution is -0.501. The van der Waals surface area contributed by atoms with Crippen LogP contribution in [-0.4, -0.2) is 37.1 Å². The van der Waals surface area contributed by atoms with Crippen LogP contribution in [0.15, 0.2) is 52.9 Å². The predicted octanol–water partition coefficient (Wildman–Crippen LogP) is 2.05. The van der Waals surface area contributed by atoms with Crippen LogP contribution in [0.2, 0.25) is 0 Å². The van der Waals surface area contributed by atoms with Gasteiger partial charge in [-0.1, -0.05) is 18.2 Å². The number of carbonyl (C=O) groups excluding carboxylic acids is 2. The number of hydrogen-bond donors (Lipinski definition) is 0. The fraction of sp³-hybridized carbons (Fsp3) is 0.294. The van der Waals surface area contributed by atoms with Crippen molar-refractivity contribution in [3.05, 3.63) is 63.0 Å². The molecule has 8 nitrogen and oxygen atoms in total. The van der Waals surface area contributed by atoms with E-state index in [4.69, 9.17) is 9.47 Å². The lowest BCUT2D eigenvalue weighted by atomic mass is 9.91. The van der Waals surface area contributed by atoms with Gasteiger partial charge in [0, 0.05) is 22.0 Å². The van der Waals surface area contributed by atoms with Crippen molar-refractivity contribution in [1.29, 1.82) is 0 Å². The third kappa shape index (κ3) is 3.10. The van der Waals surface area contributed by atoms with Crippen LogP contribution in [0, 0.1) is 10.1 Å². The van der Waals surface area contributed by atoms with Crippen molar-refractivity contribution >= 4 is 17.6 Å². The summed E-state index contributed by atoms with van der Waals surface area (Å²) in [6, 6.07) is 7.26. The van der Waals surface area contributed by atoms with E-state index in [0.29, 0.717) is 17.1 Å². The summed E-state index contributed by atoms with van der Waals surface area (Å²) < 4.78 is 9.44. The number of methoxy groups -OCH3 is 2. The summed E-state index contributed by atoms with van der Waals surface area (Å²) in [5.41, 5.74) is 0.890. The summed E-state index contributed by atoms with van der Waals surface area (Å²) in [4.78, 5) is 37.1. The van der Waals surface area contributed by atoms with Crippen molar-refractivity contribution in [2.45, 2.75) is 19.9 Å². The molecular weight excluding hydrogens is 328 g/mol. The van der Waals surface area contributed by atoms with Crippen LogP contribution in [0.3, 0.4) is 0 Å². The number of nitrogens with zero attached hydrogens (tertiary/aromatic N) is 2. The van der Waals surface area contributed by atoms with Gasteiger partial charge in [-0.25, -0.2) is 9.59 Å². The molecule has 1 heterocycles. The smallest absolute Gasteiger partial charge is 0.342 e. The lowest BCUT2D eigenvalue weighted by Crippen LogP contribution is -2.42. The van der Waals surface area contributed by atoms with Crippen molar-refractivity contribution < 1.29 is 24.0 Å². The van der Waals surface area contributed by atoms with Gasteiger partial charge in [-0.2, -0.15) is 0 Å². The number of rotatable bonds is 4. The number of esters is 2.